The fraction of sp³-hybridized carbons (Fsp3) is 0.484. The second-order valence-corrected chi connectivity index (χ2v) is 10.8. The first-order valence-electron chi connectivity index (χ1n) is 14.0. The lowest BCUT2D eigenvalue weighted by Crippen LogP contribution is -2.58. The number of alkyl carbamates (subject to hydrolysis) is 1. The van der Waals surface area contributed by atoms with E-state index in [9.17, 15) is 19.2 Å². The van der Waals surface area contributed by atoms with Crippen LogP contribution in [0.25, 0.3) is 0 Å². The van der Waals surface area contributed by atoms with E-state index in [2.05, 4.69) is 16.0 Å². The summed E-state index contributed by atoms with van der Waals surface area (Å²) < 4.78 is 11.1. The Morgan fingerprint density at radius 3 is 1.90 bits per heavy atom. The number of likely N-dealkylation sites (N-methyl/N-ethyl adjacent to an activating group) is 1. The maximum atomic E-state index is 13.5. The van der Waals surface area contributed by atoms with Gasteiger partial charge in [-0.15, -0.1) is 0 Å². The molecule has 0 radical (unpaired) electrons. The van der Waals surface area contributed by atoms with Crippen LogP contribution in [0.15, 0.2) is 60.7 Å². The topological polar surface area (TPSA) is 135 Å². The number of benzene rings is 2. The van der Waals surface area contributed by atoms with Crippen molar-refractivity contribution in [2.45, 2.75) is 65.5 Å². The van der Waals surface area contributed by atoms with Crippen molar-refractivity contribution in [3.63, 3.8) is 0 Å². The summed E-state index contributed by atoms with van der Waals surface area (Å²) in [6.07, 6.45) is -1.73. The standard InChI is InChI=1S/C31H44N4O7/c1-21(2)17-26(30(38)35(5)40-6)32-28(37)29(41-19-22(3)4)34-27(36)25(18-23-13-9-7-10-14-23)33-31(39)42-20-24-15-11-8-12-16-24/h7-16,21-22,25-26,29H,17-20H2,1-6H3,(H,32,37)(H,33,39)(H,34,36). The Kier molecular flexibility index (Phi) is 14.5. The molecule has 3 N–H and O–H groups in total. The van der Waals surface area contributed by atoms with Gasteiger partial charge in [-0.05, 0) is 29.4 Å². The van der Waals surface area contributed by atoms with E-state index in [-0.39, 0.29) is 31.5 Å². The number of hydrogen-bond donors (Lipinski definition) is 3. The minimum absolute atomic E-state index is 0.0239. The molecule has 0 saturated heterocycles. The zero-order valence-corrected chi connectivity index (χ0v) is 25.3. The average molecular weight is 585 g/mol. The highest BCUT2D eigenvalue weighted by atomic mass is 16.7. The van der Waals surface area contributed by atoms with E-state index in [1.54, 1.807) is 0 Å². The zero-order valence-electron chi connectivity index (χ0n) is 25.3. The molecule has 0 heterocycles. The van der Waals surface area contributed by atoms with Crippen LogP contribution in [-0.2, 0) is 41.7 Å². The van der Waals surface area contributed by atoms with Crippen LogP contribution in [0.4, 0.5) is 4.79 Å². The molecule has 0 aliphatic carbocycles. The van der Waals surface area contributed by atoms with Gasteiger partial charge in [0.25, 0.3) is 11.8 Å². The van der Waals surface area contributed by atoms with Crippen LogP contribution in [0, 0.1) is 11.8 Å². The van der Waals surface area contributed by atoms with E-state index in [0.717, 1.165) is 16.2 Å². The molecule has 0 aromatic heterocycles. The van der Waals surface area contributed by atoms with Crippen molar-refractivity contribution < 1.29 is 33.5 Å². The predicted molar refractivity (Wildman–Crippen MR) is 158 cm³/mol. The summed E-state index contributed by atoms with van der Waals surface area (Å²) in [5, 5.41) is 8.96. The second-order valence-electron chi connectivity index (χ2n) is 10.8. The number of carbonyl (C=O) groups is 4. The van der Waals surface area contributed by atoms with Crippen LogP contribution in [0.2, 0.25) is 0 Å². The predicted octanol–water partition coefficient (Wildman–Crippen LogP) is 3.19. The van der Waals surface area contributed by atoms with Crippen LogP contribution in [-0.4, -0.2) is 68.0 Å². The van der Waals surface area contributed by atoms with E-state index in [4.69, 9.17) is 14.3 Å². The highest BCUT2D eigenvalue weighted by molar-refractivity contribution is 5.93. The Morgan fingerprint density at radius 1 is 0.762 bits per heavy atom. The van der Waals surface area contributed by atoms with E-state index in [1.165, 1.54) is 14.2 Å². The fourth-order valence-corrected chi connectivity index (χ4v) is 3.92. The molecular weight excluding hydrogens is 540 g/mol. The molecule has 42 heavy (non-hydrogen) atoms. The normalized spacial score (nSPS) is 13.1. The number of hydroxylamine groups is 2. The van der Waals surface area contributed by atoms with Gasteiger partial charge < -0.3 is 25.4 Å². The summed E-state index contributed by atoms with van der Waals surface area (Å²) in [5.41, 5.74) is 1.58. The maximum absolute atomic E-state index is 13.5. The lowest BCUT2D eigenvalue weighted by molar-refractivity contribution is -0.172. The zero-order chi connectivity index (χ0) is 31.1. The van der Waals surface area contributed by atoms with Crippen LogP contribution in [0.5, 0.6) is 0 Å². The lowest BCUT2D eigenvalue weighted by Gasteiger charge is -2.27. The summed E-state index contributed by atoms with van der Waals surface area (Å²) in [6.45, 7) is 7.83. The molecule has 230 valence electrons. The smallest absolute Gasteiger partial charge is 0.408 e. The molecule has 11 heteroatoms. The summed E-state index contributed by atoms with van der Waals surface area (Å²) in [4.78, 5) is 57.5. The van der Waals surface area contributed by atoms with Crippen molar-refractivity contribution in [3.8, 4) is 0 Å². The van der Waals surface area contributed by atoms with E-state index < -0.39 is 42.1 Å². The fourth-order valence-electron chi connectivity index (χ4n) is 3.92. The van der Waals surface area contributed by atoms with Gasteiger partial charge in [-0.1, -0.05) is 88.4 Å². The molecular formula is C31H44N4O7. The quantitative estimate of drug-likeness (QED) is 0.204. The summed E-state index contributed by atoms with van der Waals surface area (Å²) >= 11 is 0. The molecule has 4 amide bonds. The summed E-state index contributed by atoms with van der Waals surface area (Å²) in [7, 11) is 2.80. The van der Waals surface area contributed by atoms with Crippen molar-refractivity contribution in [3.05, 3.63) is 71.8 Å². The Hall–Kier alpha value is -3.96. The summed E-state index contributed by atoms with van der Waals surface area (Å²) in [6, 6.07) is 16.3. The number of ether oxygens (including phenoxy) is 2. The van der Waals surface area contributed by atoms with Crippen LogP contribution < -0.4 is 16.0 Å². The van der Waals surface area contributed by atoms with Gasteiger partial charge in [0.2, 0.25) is 12.1 Å². The molecule has 0 aliphatic rings. The highest BCUT2D eigenvalue weighted by Crippen LogP contribution is 2.10. The molecule has 3 unspecified atom stereocenters. The average Bonchev–Trinajstić information content (AvgIpc) is 2.97. The van der Waals surface area contributed by atoms with Crippen LogP contribution >= 0.6 is 0 Å². The summed E-state index contributed by atoms with van der Waals surface area (Å²) in [5.74, 6) is -1.66. The van der Waals surface area contributed by atoms with Gasteiger partial charge in [0.05, 0.1) is 13.7 Å². The van der Waals surface area contributed by atoms with Crippen molar-refractivity contribution in [2.75, 3.05) is 20.8 Å². The Balaban J connectivity index is 2.22. The first-order valence-corrected chi connectivity index (χ1v) is 14.0. The second kappa shape index (κ2) is 17.8. The Labute approximate surface area is 248 Å². The minimum atomic E-state index is -1.42. The van der Waals surface area contributed by atoms with Gasteiger partial charge in [0, 0.05) is 13.5 Å². The van der Waals surface area contributed by atoms with Gasteiger partial charge in [-0.3, -0.25) is 19.2 Å². The monoisotopic (exact) mass is 584 g/mol. The van der Waals surface area contributed by atoms with E-state index in [0.29, 0.717) is 6.42 Å². The van der Waals surface area contributed by atoms with Gasteiger partial charge in [-0.25, -0.2) is 9.86 Å². The van der Waals surface area contributed by atoms with Gasteiger partial charge >= 0.3 is 6.09 Å². The lowest BCUT2D eigenvalue weighted by atomic mass is 10.0. The molecule has 0 saturated carbocycles. The molecule has 3 atom stereocenters. The van der Waals surface area contributed by atoms with Crippen LogP contribution in [0.1, 0.15) is 45.2 Å². The number of amides is 4. The molecule has 2 rings (SSSR count). The van der Waals surface area contributed by atoms with Gasteiger partial charge in [0.15, 0.2) is 0 Å². The third-order valence-electron chi connectivity index (χ3n) is 6.12. The Morgan fingerprint density at radius 2 is 1.36 bits per heavy atom. The number of hydrogen-bond acceptors (Lipinski definition) is 7. The number of carbonyl (C=O) groups excluding carboxylic acids is 4. The molecule has 0 bridgehead atoms. The van der Waals surface area contributed by atoms with Crippen LogP contribution in [0.3, 0.4) is 0 Å². The van der Waals surface area contributed by atoms with Crippen molar-refractivity contribution in [1.29, 1.82) is 0 Å². The van der Waals surface area contributed by atoms with Crippen molar-refractivity contribution in [2.24, 2.45) is 11.8 Å². The largest absolute Gasteiger partial charge is 0.445 e. The number of nitrogens with one attached hydrogen (secondary N) is 3. The van der Waals surface area contributed by atoms with Crippen molar-refractivity contribution in [1.82, 2.24) is 21.0 Å². The molecule has 0 fully saturated rings. The third-order valence-corrected chi connectivity index (χ3v) is 6.12. The van der Waals surface area contributed by atoms with E-state index >= 15 is 0 Å². The molecule has 2 aromatic rings. The van der Waals surface area contributed by atoms with Gasteiger partial charge in [-0.2, -0.15) is 0 Å². The third kappa shape index (κ3) is 12.3. The number of nitrogens with zero attached hydrogens (tertiary/aromatic N) is 1. The molecule has 0 spiro atoms. The first kappa shape index (κ1) is 34.2. The highest BCUT2D eigenvalue weighted by Gasteiger charge is 2.32. The minimum Gasteiger partial charge on any atom is -0.445 e. The Bertz CT molecular complexity index is 1130. The molecule has 0 aliphatic heterocycles. The molecule has 11 nitrogen and oxygen atoms in total. The SMILES string of the molecule is CON(C)C(=O)C(CC(C)C)NC(=O)C(NC(=O)C(Cc1ccccc1)NC(=O)OCc1ccccc1)OCC(C)C. The number of rotatable bonds is 16. The maximum Gasteiger partial charge on any atom is 0.408 e. The molecule has 2 aromatic carbocycles. The van der Waals surface area contributed by atoms with Gasteiger partial charge in [0.1, 0.15) is 18.7 Å². The van der Waals surface area contributed by atoms with E-state index in [1.807, 2.05) is 88.4 Å². The first-order chi connectivity index (χ1) is 20.0. The van der Waals surface area contributed by atoms with Crippen molar-refractivity contribution >= 4 is 23.8 Å².